The number of aromatic nitrogens is 1. The highest BCUT2D eigenvalue weighted by Gasteiger charge is 2.33. The van der Waals surface area contributed by atoms with Crippen LogP contribution in [0.2, 0.25) is 5.02 Å². The predicted molar refractivity (Wildman–Crippen MR) is 150 cm³/mol. The molecule has 0 bridgehead atoms. The quantitative estimate of drug-likeness (QED) is 0.230. The molecule has 36 heavy (non-hydrogen) atoms. The smallest absolute Gasteiger partial charge is 0.338 e. The Labute approximate surface area is 231 Å². The van der Waals surface area contributed by atoms with Crippen molar-refractivity contribution in [3.8, 4) is 18.1 Å². The third-order valence-corrected chi connectivity index (χ3v) is 7.54. The van der Waals surface area contributed by atoms with E-state index in [9.17, 15) is 9.59 Å². The number of thiazole rings is 1. The van der Waals surface area contributed by atoms with E-state index < -0.39 is 12.0 Å². The first-order valence-electron chi connectivity index (χ1n) is 11.1. The Bertz CT molecular complexity index is 1600. The van der Waals surface area contributed by atoms with Crippen LogP contribution in [0.15, 0.2) is 57.5 Å². The molecule has 1 aliphatic rings. The van der Waals surface area contributed by atoms with Crippen molar-refractivity contribution in [2.45, 2.75) is 26.8 Å². The molecule has 3 aromatic rings. The van der Waals surface area contributed by atoms with Crippen LogP contribution in [0, 0.1) is 22.8 Å². The van der Waals surface area contributed by atoms with E-state index in [1.165, 1.54) is 11.3 Å². The third-order valence-electron chi connectivity index (χ3n) is 5.53. The largest absolute Gasteiger partial charge is 0.479 e. The van der Waals surface area contributed by atoms with Crippen molar-refractivity contribution in [1.29, 1.82) is 0 Å². The Kier molecular flexibility index (Phi) is 8.03. The van der Waals surface area contributed by atoms with Crippen LogP contribution in [-0.2, 0) is 9.53 Å². The molecule has 0 spiro atoms. The summed E-state index contributed by atoms with van der Waals surface area (Å²) >= 11 is 9.66. The van der Waals surface area contributed by atoms with Crippen LogP contribution in [0.4, 0.5) is 0 Å². The Morgan fingerprint density at radius 3 is 2.69 bits per heavy atom. The number of benzene rings is 2. The first-order chi connectivity index (χ1) is 17.2. The monoisotopic (exact) mass is 632 g/mol. The lowest BCUT2D eigenvalue weighted by molar-refractivity contribution is -0.139. The molecule has 6 nitrogen and oxygen atoms in total. The second-order valence-corrected chi connectivity index (χ2v) is 10.6. The number of halogens is 2. The Morgan fingerprint density at radius 2 is 2.03 bits per heavy atom. The third kappa shape index (κ3) is 5.14. The fourth-order valence-electron chi connectivity index (χ4n) is 3.95. The van der Waals surface area contributed by atoms with E-state index in [2.05, 4.69) is 33.5 Å². The van der Waals surface area contributed by atoms with Crippen LogP contribution in [-0.4, -0.2) is 23.8 Å². The van der Waals surface area contributed by atoms with Gasteiger partial charge < -0.3 is 9.47 Å². The zero-order valence-corrected chi connectivity index (χ0v) is 23.5. The number of nitrogens with zero attached hydrogens (tertiary/aromatic N) is 2. The lowest BCUT2D eigenvalue weighted by Gasteiger charge is -2.24. The molecule has 4 rings (SSSR count). The number of allylic oxidation sites excluding steroid dienone is 1. The summed E-state index contributed by atoms with van der Waals surface area (Å²) in [5.41, 5.74) is 3.06. The summed E-state index contributed by atoms with van der Waals surface area (Å²) in [6.07, 6.45) is 7.10. The maximum atomic E-state index is 13.8. The molecule has 2 aromatic carbocycles. The van der Waals surface area contributed by atoms with E-state index in [0.717, 1.165) is 14.7 Å². The number of carbonyl (C=O) groups is 1. The lowest BCUT2D eigenvalue weighted by Crippen LogP contribution is -2.39. The van der Waals surface area contributed by atoms with Gasteiger partial charge in [0.25, 0.3) is 5.56 Å². The first-order valence-corrected chi connectivity index (χ1v) is 13.3. The molecule has 9 heteroatoms. The number of esters is 1. The van der Waals surface area contributed by atoms with Crippen LogP contribution >= 0.6 is 45.5 Å². The van der Waals surface area contributed by atoms with Gasteiger partial charge in [-0.1, -0.05) is 58.7 Å². The molecule has 0 unspecified atom stereocenters. The number of hydrogen-bond acceptors (Lipinski definition) is 6. The molecule has 0 radical (unpaired) electrons. The van der Waals surface area contributed by atoms with Gasteiger partial charge in [0.1, 0.15) is 12.4 Å². The van der Waals surface area contributed by atoms with Gasteiger partial charge in [0.05, 0.1) is 32.0 Å². The number of rotatable bonds is 6. The Morgan fingerprint density at radius 1 is 1.31 bits per heavy atom. The van der Waals surface area contributed by atoms with Crippen LogP contribution in [0.3, 0.4) is 0 Å². The molecule has 1 aliphatic heterocycles. The maximum Gasteiger partial charge on any atom is 0.338 e. The van der Waals surface area contributed by atoms with Crippen LogP contribution in [0.5, 0.6) is 5.75 Å². The minimum Gasteiger partial charge on any atom is -0.479 e. The van der Waals surface area contributed by atoms with Crippen molar-refractivity contribution in [3.63, 3.8) is 0 Å². The molecule has 184 valence electrons. The number of aryl methyl sites for hydroxylation is 1. The highest BCUT2D eigenvalue weighted by molar-refractivity contribution is 14.1. The van der Waals surface area contributed by atoms with Gasteiger partial charge >= 0.3 is 5.97 Å². The number of fused-ring (bicyclic) bond motifs is 1. The number of hydrogen-bond donors (Lipinski definition) is 0. The normalized spacial score (nSPS) is 15.2. The van der Waals surface area contributed by atoms with E-state index in [4.69, 9.17) is 27.5 Å². The highest BCUT2D eigenvalue weighted by Crippen LogP contribution is 2.32. The van der Waals surface area contributed by atoms with Gasteiger partial charge in [-0.3, -0.25) is 9.36 Å². The van der Waals surface area contributed by atoms with Crippen LogP contribution < -0.4 is 19.6 Å². The molecule has 0 N–H and O–H groups in total. The first kappa shape index (κ1) is 26.2. The van der Waals surface area contributed by atoms with Gasteiger partial charge in [0.15, 0.2) is 4.80 Å². The number of carbonyl (C=O) groups excluding carboxylic acids is 1. The summed E-state index contributed by atoms with van der Waals surface area (Å²) in [4.78, 5) is 31.9. The molecule has 1 atom stereocenters. The molecular formula is C27H22ClIN2O4S. The summed E-state index contributed by atoms with van der Waals surface area (Å²) in [7, 11) is 0. The number of ether oxygens (including phenoxy) is 2. The van der Waals surface area contributed by atoms with Gasteiger partial charge in [-0.25, -0.2) is 9.79 Å². The summed E-state index contributed by atoms with van der Waals surface area (Å²) < 4.78 is 13.8. The molecule has 1 aromatic heterocycles. The van der Waals surface area contributed by atoms with Crippen LogP contribution in [0.1, 0.15) is 36.6 Å². The lowest BCUT2D eigenvalue weighted by atomic mass is 9.95. The van der Waals surface area contributed by atoms with Crippen molar-refractivity contribution in [2.24, 2.45) is 4.99 Å². The average Bonchev–Trinajstić information content (AvgIpc) is 3.12. The molecular weight excluding hydrogens is 611 g/mol. The summed E-state index contributed by atoms with van der Waals surface area (Å²) in [6.45, 7) is 5.78. The van der Waals surface area contributed by atoms with E-state index in [0.29, 0.717) is 36.9 Å². The molecule has 0 fully saturated rings. The standard InChI is InChI=1S/C27H22ClIN2O4S/c1-5-11-35-24-18(12-19(28)14-20(24)29)13-21-25(32)31-23(17-9-7-15(3)8-10-17)22(26(33)34-6-2)16(4)30-27(31)36-21/h1,7-10,12-14,23H,6,11H2,2-4H3/b21-13-/t23-/m0/s1. The molecule has 0 aliphatic carbocycles. The topological polar surface area (TPSA) is 69.9 Å². The fraction of sp³-hybridized carbons (Fsp3) is 0.222. The Balaban J connectivity index is 1.96. The summed E-state index contributed by atoms with van der Waals surface area (Å²) in [5, 5.41) is 0.504. The minimum atomic E-state index is -0.667. The van der Waals surface area contributed by atoms with E-state index in [1.54, 1.807) is 36.6 Å². The van der Waals surface area contributed by atoms with E-state index in [1.807, 2.05) is 31.2 Å². The van der Waals surface area contributed by atoms with Crippen LogP contribution in [0.25, 0.3) is 6.08 Å². The molecule has 0 saturated heterocycles. The van der Waals surface area contributed by atoms with Gasteiger partial charge in [-0.05, 0) is 67.1 Å². The SMILES string of the molecule is C#CCOc1c(I)cc(Cl)cc1/C=c1\sc2n(c1=O)[C@@H](c1ccc(C)cc1)C(C(=O)OCC)=C(C)N=2. The highest BCUT2D eigenvalue weighted by atomic mass is 127. The summed E-state index contributed by atoms with van der Waals surface area (Å²) in [6, 6.07) is 10.6. The molecule has 2 heterocycles. The second-order valence-electron chi connectivity index (χ2n) is 8.01. The fourth-order valence-corrected chi connectivity index (χ4v) is 6.20. The average molecular weight is 633 g/mol. The minimum absolute atomic E-state index is 0.0786. The van der Waals surface area contributed by atoms with Gasteiger partial charge in [-0.15, -0.1) is 6.42 Å². The zero-order chi connectivity index (χ0) is 26.0. The predicted octanol–water partition coefficient (Wildman–Crippen LogP) is 4.38. The van der Waals surface area contributed by atoms with E-state index >= 15 is 0 Å². The zero-order valence-electron chi connectivity index (χ0n) is 19.8. The van der Waals surface area contributed by atoms with Crippen molar-refractivity contribution >= 4 is 57.6 Å². The van der Waals surface area contributed by atoms with Gasteiger partial charge in [0.2, 0.25) is 0 Å². The Hall–Kier alpha value is -2.87. The van der Waals surface area contributed by atoms with Crippen molar-refractivity contribution in [3.05, 3.63) is 92.6 Å². The number of terminal acetylenes is 1. The van der Waals surface area contributed by atoms with Gasteiger partial charge in [0, 0.05) is 10.6 Å². The van der Waals surface area contributed by atoms with E-state index in [-0.39, 0.29) is 18.8 Å². The molecule has 0 saturated carbocycles. The second kappa shape index (κ2) is 11.0. The van der Waals surface area contributed by atoms with Crippen molar-refractivity contribution in [2.75, 3.05) is 13.2 Å². The summed E-state index contributed by atoms with van der Waals surface area (Å²) in [5.74, 6) is 2.51. The van der Waals surface area contributed by atoms with Gasteiger partial charge in [-0.2, -0.15) is 0 Å². The van der Waals surface area contributed by atoms with Crippen molar-refractivity contribution < 1.29 is 14.3 Å². The maximum absolute atomic E-state index is 13.8. The molecule has 0 amide bonds. The van der Waals surface area contributed by atoms with Crippen molar-refractivity contribution in [1.82, 2.24) is 4.57 Å².